The van der Waals surface area contributed by atoms with Crippen molar-refractivity contribution in [1.29, 1.82) is 0 Å². The molecule has 0 fully saturated rings. The van der Waals surface area contributed by atoms with Crippen LogP contribution in [0.15, 0.2) is 46.9 Å². The van der Waals surface area contributed by atoms with Gasteiger partial charge in [0, 0.05) is 22.8 Å². The second-order valence-electron chi connectivity index (χ2n) is 3.95. The number of anilines is 3. The van der Waals surface area contributed by atoms with Gasteiger partial charge in [-0.2, -0.15) is 0 Å². The van der Waals surface area contributed by atoms with E-state index in [4.69, 9.17) is 10.5 Å². The molecule has 3 N–H and O–H groups in total. The first kappa shape index (κ1) is 12.9. The molecule has 0 radical (unpaired) electrons. The first-order valence-electron chi connectivity index (χ1n) is 5.59. The highest BCUT2D eigenvalue weighted by molar-refractivity contribution is 9.10. The van der Waals surface area contributed by atoms with Gasteiger partial charge in [0.1, 0.15) is 0 Å². The standard InChI is InChI=1S/C14H15BrN2O/c1-18-9-10-4-2-3-5-13(10)17-14-7-6-11(15)8-12(14)16/h2-8,17H,9,16H2,1H3. The van der Waals surface area contributed by atoms with Crippen LogP contribution in [0.2, 0.25) is 0 Å². The maximum absolute atomic E-state index is 5.97. The first-order valence-corrected chi connectivity index (χ1v) is 6.39. The molecule has 0 atom stereocenters. The van der Waals surface area contributed by atoms with Crippen LogP contribution >= 0.6 is 15.9 Å². The molecule has 4 heteroatoms. The number of benzene rings is 2. The molecule has 0 aliphatic heterocycles. The van der Waals surface area contributed by atoms with E-state index in [2.05, 4.69) is 21.2 Å². The minimum atomic E-state index is 0.569. The van der Waals surface area contributed by atoms with Gasteiger partial charge in [-0.25, -0.2) is 0 Å². The summed E-state index contributed by atoms with van der Waals surface area (Å²) in [5, 5.41) is 3.33. The van der Waals surface area contributed by atoms with E-state index in [0.717, 1.165) is 21.4 Å². The van der Waals surface area contributed by atoms with E-state index in [1.807, 2.05) is 42.5 Å². The summed E-state index contributed by atoms with van der Waals surface area (Å²) in [5.74, 6) is 0. The smallest absolute Gasteiger partial charge is 0.0733 e. The predicted octanol–water partition coefficient (Wildman–Crippen LogP) is 3.92. The quantitative estimate of drug-likeness (QED) is 0.842. The number of rotatable bonds is 4. The Hall–Kier alpha value is -1.52. The zero-order valence-corrected chi connectivity index (χ0v) is 11.7. The molecule has 2 aromatic rings. The maximum atomic E-state index is 5.97. The Balaban J connectivity index is 2.28. The molecule has 18 heavy (non-hydrogen) atoms. The lowest BCUT2D eigenvalue weighted by Gasteiger charge is -2.13. The van der Waals surface area contributed by atoms with Gasteiger partial charge in [0.2, 0.25) is 0 Å². The SMILES string of the molecule is COCc1ccccc1Nc1ccc(Br)cc1N. The molecule has 94 valence electrons. The van der Waals surface area contributed by atoms with Crippen LogP contribution in [-0.2, 0) is 11.3 Å². The summed E-state index contributed by atoms with van der Waals surface area (Å²) in [6, 6.07) is 13.8. The van der Waals surface area contributed by atoms with E-state index >= 15 is 0 Å². The van der Waals surface area contributed by atoms with Gasteiger partial charge in [0.15, 0.2) is 0 Å². The molecule has 0 amide bonds. The lowest BCUT2D eigenvalue weighted by atomic mass is 10.1. The normalized spacial score (nSPS) is 10.3. The minimum absolute atomic E-state index is 0.569. The molecule has 0 spiro atoms. The van der Waals surface area contributed by atoms with Crippen molar-refractivity contribution < 1.29 is 4.74 Å². The van der Waals surface area contributed by atoms with Crippen molar-refractivity contribution in [3.8, 4) is 0 Å². The number of hydrogen-bond acceptors (Lipinski definition) is 3. The molecular formula is C14H15BrN2O. The highest BCUT2D eigenvalue weighted by Gasteiger charge is 2.04. The predicted molar refractivity (Wildman–Crippen MR) is 79.0 cm³/mol. The lowest BCUT2D eigenvalue weighted by Crippen LogP contribution is -2.00. The van der Waals surface area contributed by atoms with Crippen molar-refractivity contribution in [2.24, 2.45) is 0 Å². The van der Waals surface area contributed by atoms with Crippen molar-refractivity contribution in [1.82, 2.24) is 0 Å². The largest absolute Gasteiger partial charge is 0.397 e. The number of nitrogens with two attached hydrogens (primary N) is 1. The van der Waals surface area contributed by atoms with Crippen LogP contribution in [0.25, 0.3) is 0 Å². The van der Waals surface area contributed by atoms with Gasteiger partial charge in [-0.15, -0.1) is 0 Å². The van der Waals surface area contributed by atoms with Crippen molar-refractivity contribution in [3.05, 3.63) is 52.5 Å². The molecule has 0 aliphatic rings. The van der Waals surface area contributed by atoms with Gasteiger partial charge < -0.3 is 15.8 Å². The summed E-state index contributed by atoms with van der Waals surface area (Å²) >= 11 is 3.39. The number of nitrogen functional groups attached to an aromatic ring is 1. The van der Waals surface area contributed by atoms with Crippen LogP contribution < -0.4 is 11.1 Å². The third-order valence-corrected chi connectivity index (χ3v) is 3.09. The highest BCUT2D eigenvalue weighted by atomic mass is 79.9. The van der Waals surface area contributed by atoms with E-state index in [0.29, 0.717) is 12.3 Å². The number of ether oxygens (including phenoxy) is 1. The molecule has 2 aromatic carbocycles. The van der Waals surface area contributed by atoms with Gasteiger partial charge in [-0.3, -0.25) is 0 Å². The Morgan fingerprint density at radius 3 is 2.67 bits per heavy atom. The number of halogens is 1. The Bertz CT molecular complexity index is 543. The molecule has 0 aromatic heterocycles. The summed E-state index contributed by atoms with van der Waals surface area (Å²) in [5.41, 5.74) is 9.67. The Morgan fingerprint density at radius 2 is 1.94 bits per heavy atom. The molecule has 0 saturated heterocycles. The third kappa shape index (κ3) is 3.03. The molecular weight excluding hydrogens is 292 g/mol. The monoisotopic (exact) mass is 306 g/mol. The Kier molecular flexibility index (Phi) is 4.23. The van der Waals surface area contributed by atoms with Gasteiger partial charge in [0.05, 0.1) is 18.0 Å². The number of para-hydroxylation sites is 1. The van der Waals surface area contributed by atoms with Gasteiger partial charge in [0.25, 0.3) is 0 Å². The number of hydrogen-bond donors (Lipinski definition) is 2. The summed E-state index contributed by atoms with van der Waals surface area (Å²) in [6.07, 6.45) is 0. The zero-order chi connectivity index (χ0) is 13.0. The molecule has 3 nitrogen and oxygen atoms in total. The van der Waals surface area contributed by atoms with E-state index in [-0.39, 0.29) is 0 Å². The second kappa shape index (κ2) is 5.89. The van der Waals surface area contributed by atoms with Crippen LogP contribution in [0.3, 0.4) is 0 Å². The van der Waals surface area contributed by atoms with Crippen molar-refractivity contribution in [2.45, 2.75) is 6.61 Å². The summed E-state index contributed by atoms with van der Waals surface area (Å²) in [6.45, 7) is 0.569. The fourth-order valence-electron chi connectivity index (χ4n) is 1.72. The van der Waals surface area contributed by atoms with Crippen molar-refractivity contribution >= 4 is 33.0 Å². The van der Waals surface area contributed by atoms with E-state index in [9.17, 15) is 0 Å². The number of nitrogens with one attached hydrogen (secondary N) is 1. The van der Waals surface area contributed by atoms with Gasteiger partial charge in [-0.05, 0) is 24.3 Å². The molecule has 0 heterocycles. The van der Waals surface area contributed by atoms with Crippen LogP contribution in [0.4, 0.5) is 17.1 Å². The van der Waals surface area contributed by atoms with Gasteiger partial charge >= 0.3 is 0 Å². The third-order valence-electron chi connectivity index (χ3n) is 2.60. The average molecular weight is 307 g/mol. The summed E-state index contributed by atoms with van der Waals surface area (Å²) < 4.78 is 6.15. The summed E-state index contributed by atoms with van der Waals surface area (Å²) in [4.78, 5) is 0. The van der Waals surface area contributed by atoms with Crippen molar-refractivity contribution in [2.75, 3.05) is 18.2 Å². The van der Waals surface area contributed by atoms with E-state index < -0.39 is 0 Å². The van der Waals surface area contributed by atoms with Crippen LogP contribution in [0, 0.1) is 0 Å². The number of methoxy groups -OCH3 is 1. The molecule has 0 saturated carbocycles. The topological polar surface area (TPSA) is 47.3 Å². The maximum Gasteiger partial charge on any atom is 0.0733 e. The first-order chi connectivity index (χ1) is 8.70. The fourth-order valence-corrected chi connectivity index (χ4v) is 2.09. The van der Waals surface area contributed by atoms with E-state index in [1.165, 1.54) is 0 Å². The van der Waals surface area contributed by atoms with E-state index in [1.54, 1.807) is 7.11 Å². The minimum Gasteiger partial charge on any atom is -0.397 e. The molecule has 0 aliphatic carbocycles. The molecule has 0 bridgehead atoms. The highest BCUT2D eigenvalue weighted by Crippen LogP contribution is 2.28. The zero-order valence-electron chi connectivity index (χ0n) is 10.1. The van der Waals surface area contributed by atoms with Crippen LogP contribution in [-0.4, -0.2) is 7.11 Å². The second-order valence-corrected chi connectivity index (χ2v) is 4.86. The van der Waals surface area contributed by atoms with Crippen LogP contribution in [0.1, 0.15) is 5.56 Å². The van der Waals surface area contributed by atoms with Crippen LogP contribution in [0.5, 0.6) is 0 Å². The lowest BCUT2D eigenvalue weighted by molar-refractivity contribution is 0.185. The van der Waals surface area contributed by atoms with Gasteiger partial charge in [-0.1, -0.05) is 34.1 Å². The fraction of sp³-hybridized carbons (Fsp3) is 0.143. The van der Waals surface area contributed by atoms with Crippen molar-refractivity contribution in [3.63, 3.8) is 0 Å². The Labute approximate surface area is 115 Å². The summed E-state index contributed by atoms with van der Waals surface area (Å²) in [7, 11) is 1.69. The molecule has 0 unspecified atom stereocenters. The Morgan fingerprint density at radius 1 is 1.17 bits per heavy atom. The average Bonchev–Trinajstić information content (AvgIpc) is 2.35. The molecule has 2 rings (SSSR count).